The van der Waals surface area contributed by atoms with E-state index in [4.69, 9.17) is 18.6 Å². The van der Waals surface area contributed by atoms with E-state index in [1.54, 1.807) is 11.0 Å². The third-order valence-corrected chi connectivity index (χ3v) is 6.66. The van der Waals surface area contributed by atoms with Crippen molar-refractivity contribution in [2.24, 2.45) is 0 Å². The molecule has 0 N–H and O–H groups in total. The van der Waals surface area contributed by atoms with Gasteiger partial charge >= 0.3 is 0 Å². The number of ether oxygens (including phenoxy) is 3. The molecule has 4 aromatic rings. The van der Waals surface area contributed by atoms with Crippen molar-refractivity contribution in [1.82, 2.24) is 4.90 Å². The molecule has 8 heteroatoms. The summed E-state index contributed by atoms with van der Waals surface area (Å²) in [6.45, 7) is 2.98. The Hall–Kier alpha value is -4.33. The summed E-state index contributed by atoms with van der Waals surface area (Å²) in [6.07, 6.45) is 1.91. The van der Waals surface area contributed by atoms with E-state index >= 15 is 0 Å². The average Bonchev–Trinajstić information content (AvgIpc) is 3.48. The van der Waals surface area contributed by atoms with E-state index in [0.29, 0.717) is 29.4 Å². The molecule has 6 rings (SSSR count). The van der Waals surface area contributed by atoms with E-state index in [0.717, 1.165) is 24.5 Å². The Morgan fingerprint density at radius 1 is 1.03 bits per heavy atom. The zero-order chi connectivity index (χ0) is 25.5. The van der Waals surface area contributed by atoms with Gasteiger partial charge in [0.1, 0.15) is 17.1 Å². The zero-order valence-corrected chi connectivity index (χ0v) is 20.2. The topological polar surface area (TPSA) is 78.2 Å². The molecule has 1 aromatic heterocycles. The smallest absolute Gasteiger partial charge is 0.291 e. The Morgan fingerprint density at radius 2 is 1.89 bits per heavy atom. The first-order chi connectivity index (χ1) is 18.0. The number of benzene rings is 3. The molecule has 7 nitrogen and oxygen atoms in total. The van der Waals surface area contributed by atoms with Crippen LogP contribution in [0, 0.1) is 5.82 Å². The van der Waals surface area contributed by atoms with E-state index in [9.17, 15) is 14.0 Å². The van der Waals surface area contributed by atoms with Gasteiger partial charge in [-0.05, 0) is 60.0 Å². The first-order valence-corrected chi connectivity index (χ1v) is 12.2. The summed E-state index contributed by atoms with van der Waals surface area (Å²) >= 11 is 0. The molecule has 0 radical (unpaired) electrons. The second-order valence-corrected chi connectivity index (χ2v) is 9.11. The number of rotatable bonds is 7. The predicted molar refractivity (Wildman–Crippen MR) is 134 cm³/mol. The van der Waals surface area contributed by atoms with Gasteiger partial charge in [0.2, 0.25) is 12.6 Å². The Morgan fingerprint density at radius 3 is 2.76 bits per heavy atom. The highest BCUT2D eigenvalue weighted by atomic mass is 19.1. The van der Waals surface area contributed by atoms with Crippen LogP contribution in [-0.2, 0) is 6.54 Å². The van der Waals surface area contributed by atoms with E-state index in [1.165, 1.54) is 12.1 Å². The maximum atomic E-state index is 14.0. The minimum atomic E-state index is -0.744. The van der Waals surface area contributed by atoms with E-state index in [2.05, 4.69) is 6.92 Å². The van der Waals surface area contributed by atoms with Crippen LogP contribution < -0.4 is 19.6 Å². The number of halogens is 1. The van der Waals surface area contributed by atoms with Gasteiger partial charge in [0.25, 0.3) is 5.91 Å². The van der Waals surface area contributed by atoms with Gasteiger partial charge in [-0.1, -0.05) is 31.5 Å². The summed E-state index contributed by atoms with van der Waals surface area (Å²) in [5, 5.41) is 0.0943. The SMILES string of the molecule is CCCCOc1cccc([C@@H]2c3c(oc4ccc(F)cc4c3=O)C(=O)N2Cc2ccc3c(c2)OCO3)c1. The van der Waals surface area contributed by atoms with Crippen LogP contribution in [0.25, 0.3) is 11.0 Å². The number of carbonyl (C=O) groups is 1. The predicted octanol–water partition coefficient (Wildman–Crippen LogP) is 5.59. The van der Waals surface area contributed by atoms with E-state index in [1.807, 2.05) is 36.4 Å². The molecule has 1 amide bonds. The molecule has 0 saturated carbocycles. The van der Waals surface area contributed by atoms with Crippen molar-refractivity contribution in [3.05, 3.63) is 99.2 Å². The molecular formula is C29H24FNO6. The summed E-state index contributed by atoms with van der Waals surface area (Å²) < 4.78 is 36.8. The number of hydrogen-bond donors (Lipinski definition) is 0. The molecule has 3 heterocycles. The fourth-order valence-corrected chi connectivity index (χ4v) is 4.85. The number of amides is 1. The Balaban J connectivity index is 1.47. The molecule has 3 aromatic carbocycles. The Labute approximate surface area is 212 Å². The highest BCUT2D eigenvalue weighted by Crippen LogP contribution is 2.41. The Kier molecular flexibility index (Phi) is 5.79. The van der Waals surface area contributed by atoms with E-state index in [-0.39, 0.29) is 35.6 Å². The number of nitrogens with zero attached hydrogens (tertiary/aromatic N) is 1. The highest BCUT2D eigenvalue weighted by Gasteiger charge is 2.43. The molecular weight excluding hydrogens is 477 g/mol. The monoisotopic (exact) mass is 501 g/mol. The number of carbonyl (C=O) groups excluding carboxylic acids is 1. The molecule has 188 valence electrons. The lowest BCUT2D eigenvalue weighted by atomic mass is 9.98. The van der Waals surface area contributed by atoms with Crippen LogP contribution in [0.15, 0.2) is 69.9 Å². The standard InChI is InChI=1S/C29H24FNO6/c1-2-3-11-34-20-6-4-5-18(13-20)26-25-27(32)21-14-19(30)8-10-22(21)37-28(25)29(33)31(26)15-17-7-9-23-24(12-17)36-16-35-23/h4-10,12-14,26H,2-3,11,15-16H2,1H3/t26-/m1/s1. The minimum Gasteiger partial charge on any atom is -0.494 e. The molecule has 0 aliphatic carbocycles. The Bertz CT molecular complexity index is 1580. The molecule has 37 heavy (non-hydrogen) atoms. The molecule has 2 aliphatic heterocycles. The van der Waals surface area contributed by atoms with Gasteiger partial charge in [-0.3, -0.25) is 9.59 Å². The maximum Gasteiger partial charge on any atom is 0.291 e. The third-order valence-electron chi connectivity index (χ3n) is 6.66. The van der Waals surface area contributed by atoms with Gasteiger partial charge in [-0.15, -0.1) is 0 Å². The lowest BCUT2D eigenvalue weighted by molar-refractivity contribution is 0.0714. The summed E-state index contributed by atoms with van der Waals surface area (Å²) in [4.78, 5) is 29.0. The largest absolute Gasteiger partial charge is 0.494 e. The zero-order valence-electron chi connectivity index (χ0n) is 20.2. The van der Waals surface area contributed by atoms with Gasteiger partial charge in [0.05, 0.1) is 23.6 Å². The molecule has 0 unspecified atom stereocenters. The molecule has 2 aliphatic rings. The van der Waals surface area contributed by atoms with Crippen LogP contribution in [0.2, 0.25) is 0 Å². The van der Waals surface area contributed by atoms with Gasteiger partial charge in [-0.2, -0.15) is 0 Å². The molecule has 0 spiro atoms. The van der Waals surface area contributed by atoms with Crippen molar-refractivity contribution in [2.45, 2.75) is 32.4 Å². The van der Waals surface area contributed by atoms with Crippen LogP contribution in [-0.4, -0.2) is 24.2 Å². The van der Waals surface area contributed by atoms with Crippen molar-refractivity contribution in [3.8, 4) is 17.2 Å². The van der Waals surface area contributed by atoms with Crippen molar-refractivity contribution >= 4 is 16.9 Å². The maximum absolute atomic E-state index is 14.0. The number of fused-ring (bicyclic) bond motifs is 3. The van der Waals surface area contributed by atoms with Crippen LogP contribution in [0.4, 0.5) is 4.39 Å². The van der Waals surface area contributed by atoms with Crippen molar-refractivity contribution < 1.29 is 27.8 Å². The second-order valence-electron chi connectivity index (χ2n) is 9.11. The van der Waals surface area contributed by atoms with Crippen LogP contribution >= 0.6 is 0 Å². The summed E-state index contributed by atoms with van der Waals surface area (Å²) in [5.74, 6) is 0.874. The van der Waals surface area contributed by atoms with E-state index < -0.39 is 23.2 Å². The number of hydrogen-bond acceptors (Lipinski definition) is 6. The first-order valence-electron chi connectivity index (χ1n) is 12.2. The normalized spacial score (nSPS) is 15.9. The average molecular weight is 502 g/mol. The van der Waals surface area contributed by atoms with Gasteiger partial charge in [-0.25, -0.2) is 4.39 Å². The van der Waals surface area contributed by atoms with Crippen LogP contribution in [0.3, 0.4) is 0 Å². The van der Waals surface area contributed by atoms with Crippen molar-refractivity contribution in [2.75, 3.05) is 13.4 Å². The summed E-state index contributed by atoms with van der Waals surface area (Å²) in [7, 11) is 0. The summed E-state index contributed by atoms with van der Waals surface area (Å²) in [5.41, 5.74) is 1.42. The third kappa shape index (κ3) is 4.08. The van der Waals surface area contributed by atoms with Gasteiger partial charge < -0.3 is 23.5 Å². The fraction of sp³-hybridized carbons (Fsp3) is 0.241. The van der Waals surface area contributed by atoms with Crippen LogP contribution in [0.1, 0.15) is 53.1 Å². The van der Waals surface area contributed by atoms with Crippen molar-refractivity contribution in [3.63, 3.8) is 0 Å². The van der Waals surface area contributed by atoms with Crippen LogP contribution in [0.5, 0.6) is 17.2 Å². The molecule has 0 saturated heterocycles. The van der Waals surface area contributed by atoms with Gasteiger partial charge in [0.15, 0.2) is 16.9 Å². The lowest BCUT2D eigenvalue weighted by Gasteiger charge is -2.25. The molecule has 0 bridgehead atoms. The lowest BCUT2D eigenvalue weighted by Crippen LogP contribution is -2.29. The van der Waals surface area contributed by atoms with Gasteiger partial charge in [0, 0.05) is 6.54 Å². The van der Waals surface area contributed by atoms with Crippen molar-refractivity contribution in [1.29, 1.82) is 0 Å². The summed E-state index contributed by atoms with van der Waals surface area (Å²) in [6, 6.07) is 15.8. The second kappa shape index (κ2) is 9.28. The number of unbranched alkanes of at least 4 members (excludes halogenated alkanes) is 1. The quantitative estimate of drug-likeness (QED) is 0.308. The molecule has 0 fully saturated rings. The highest BCUT2D eigenvalue weighted by molar-refractivity contribution is 5.99. The first kappa shape index (κ1) is 23.1. The molecule has 1 atom stereocenters. The minimum absolute atomic E-state index is 0.0350. The fourth-order valence-electron chi connectivity index (χ4n) is 4.85.